The Balaban J connectivity index is 2.82. The van der Waals surface area contributed by atoms with Gasteiger partial charge >= 0.3 is 0 Å². The number of rotatable bonds is 8. The highest BCUT2D eigenvalue weighted by Gasteiger charge is 2.25. The molecule has 0 saturated heterocycles. The Hall–Kier alpha value is -1.11. The summed E-state index contributed by atoms with van der Waals surface area (Å²) in [4.78, 5) is 12.1. The summed E-state index contributed by atoms with van der Waals surface area (Å²) < 4.78 is 26.2. The van der Waals surface area contributed by atoms with Crippen LogP contribution in [0, 0.1) is 0 Å². The van der Waals surface area contributed by atoms with Crippen molar-refractivity contribution in [3.05, 3.63) is 29.3 Å². The van der Waals surface area contributed by atoms with Crippen LogP contribution in [0.2, 0.25) is 5.02 Å². The summed E-state index contributed by atoms with van der Waals surface area (Å²) in [6.45, 7) is 5.68. The zero-order valence-corrected chi connectivity index (χ0v) is 14.7. The zero-order chi connectivity index (χ0) is 16.8. The maximum atomic E-state index is 12.5. The quantitative estimate of drug-likeness (QED) is 0.786. The summed E-state index contributed by atoms with van der Waals surface area (Å²) in [5, 5.41) is 3.28. The van der Waals surface area contributed by atoms with Crippen LogP contribution in [0.5, 0.6) is 0 Å². The van der Waals surface area contributed by atoms with Crippen molar-refractivity contribution >= 4 is 27.5 Å². The Bertz CT molecular complexity index is 587. The summed E-state index contributed by atoms with van der Waals surface area (Å²) in [7, 11) is -3.70. The molecule has 7 heteroatoms. The molecule has 0 saturated carbocycles. The Labute approximate surface area is 137 Å². The van der Waals surface area contributed by atoms with Gasteiger partial charge in [-0.3, -0.25) is 4.79 Å². The van der Waals surface area contributed by atoms with E-state index >= 15 is 0 Å². The molecule has 0 aromatic heterocycles. The summed E-state index contributed by atoms with van der Waals surface area (Å²) in [5.41, 5.74) is 0. The lowest BCUT2D eigenvalue weighted by Crippen LogP contribution is -2.43. The van der Waals surface area contributed by atoms with Crippen LogP contribution in [-0.2, 0) is 14.8 Å². The van der Waals surface area contributed by atoms with Gasteiger partial charge in [0.2, 0.25) is 15.9 Å². The molecule has 0 fully saturated rings. The van der Waals surface area contributed by atoms with E-state index in [2.05, 4.69) is 5.32 Å². The van der Waals surface area contributed by atoms with Gasteiger partial charge in [-0.15, -0.1) is 0 Å². The fraction of sp³-hybridized carbons (Fsp3) is 0.533. The molecule has 1 unspecified atom stereocenters. The number of amides is 1. The van der Waals surface area contributed by atoms with E-state index in [0.29, 0.717) is 5.02 Å². The average molecular weight is 347 g/mol. The van der Waals surface area contributed by atoms with Crippen LogP contribution in [0.4, 0.5) is 0 Å². The van der Waals surface area contributed by atoms with Gasteiger partial charge in [-0.1, -0.05) is 31.9 Å². The van der Waals surface area contributed by atoms with Crippen molar-refractivity contribution in [3.63, 3.8) is 0 Å². The van der Waals surface area contributed by atoms with Gasteiger partial charge < -0.3 is 5.32 Å². The predicted molar refractivity (Wildman–Crippen MR) is 88.4 cm³/mol. The minimum Gasteiger partial charge on any atom is -0.353 e. The number of carbonyl (C=O) groups is 1. The number of likely N-dealkylation sites (N-methyl/N-ethyl adjacent to an activating group) is 1. The van der Waals surface area contributed by atoms with Crippen LogP contribution in [0.15, 0.2) is 29.2 Å². The molecule has 1 rings (SSSR count). The molecule has 1 aromatic rings. The van der Waals surface area contributed by atoms with E-state index in [4.69, 9.17) is 11.6 Å². The summed E-state index contributed by atoms with van der Waals surface area (Å²) in [6.07, 6.45) is 1.82. The minimum atomic E-state index is -3.70. The lowest BCUT2D eigenvalue weighted by molar-refractivity contribution is -0.121. The number of hydrogen-bond acceptors (Lipinski definition) is 3. The molecule has 0 aliphatic carbocycles. The van der Waals surface area contributed by atoms with Gasteiger partial charge in [0.25, 0.3) is 0 Å². The molecule has 0 aliphatic heterocycles. The second-order valence-corrected chi connectivity index (χ2v) is 7.52. The van der Waals surface area contributed by atoms with E-state index in [9.17, 15) is 13.2 Å². The van der Waals surface area contributed by atoms with Crippen LogP contribution in [0.3, 0.4) is 0 Å². The number of nitrogens with one attached hydrogen (secondary N) is 1. The smallest absolute Gasteiger partial charge is 0.243 e. The topological polar surface area (TPSA) is 66.5 Å². The van der Waals surface area contributed by atoms with Crippen LogP contribution in [0.25, 0.3) is 0 Å². The van der Waals surface area contributed by atoms with Crippen molar-refractivity contribution in [1.29, 1.82) is 0 Å². The molecule has 124 valence electrons. The standard InChI is InChI=1S/C15H23ClN2O3S/c1-4-6-12(3)17-15(19)11-18(5-2)22(20,21)14-9-7-13(16)8-10-14/h7-10,12H,4-6,11H2,1-3H3,(H,17,19). The average Bonchev–Trinajstić information content (AvgIpc) is 2.45. The predicted octanol–water partition coefficient (Wildman–Crippen LogP) is 2.66. The van der Waals surface area contributed by atoms with Gasteiger partial charge in [-0.2, -0.15) is 4.31 Å². The van der Waals surface area contributed by atoms with Gasteiger partial charge in [-0.05, 0) is 37.6 Å². The molecule has 1 aromatic carbocycles. The van der Waals surface area contributed by atoms with Crippen molar-refractivity contribution in [2.24, 2.45) is 0 Å². The molecule has 1 atom stereocenters. The lowest BCUT2D eigenvalue weighted by Gasteiger charge is -2.21. The third-order valence-corrected chi connectivity index (χ3v) is 5.44. The minimum absolute atomic E-state index is 0.0365. The lowest BCUT2D eigenvalue weighted by atomic mass is 10.2. The third kappa shape index (κ3) is 5.26. The van der Waals surface area contributed by atoms with Crippen molar-refractivity contribution in [2.75, 3.05) is 13.1 Å². The molecule has 0 bridgehead atoms. The highest BCUT2D eigenvalue weighted by atomic mass is 35.5. The van der Waals surface area contributed by atoms with Gasteiger partial charge in [0.15, 0.2) is 0 Å². The number of carbonyl (C=O) groups excluding carboxylic acids is 1. The van der Waals surface area contributed by atoms with E-state index in [1.54, 1.807) is 6.92 Å². The van der Waals surface area contributed by atoms with E-state index in [1.807, 2.05) is 13.8 Å². The van der Waals surface area contributed by atoms with Gasteiger partial charge in [-0.25, -0.2) is 8.42 Å². The first-order valence-corrected chi connectivity index (χ1v) is 9.18. The molecule has 0 heterocycles. The number of halogens is 1. The maximum Gasteiger partial charge on any atom is 0.243 e. The SMILES string of the molecule is CCCC(C)NC(=O)CN(CC)S(=O)(=O)c1ccc(Cl)cc1. The number of sulfonamides is 1. The highest BCUT2D eigenvalue weighted by Crippen LogP contribution is 2.18. The summed E-state index contributed by atoms with van der Waals surface area (Å²) in [5.74, 6) is -0.291. The van der Waals surface area contributed by atoms with E-state index in [0.717, 1.165) is 17.1 Å². The van der Waals surface area contributed by atoms with E-state index in [1.165, 1.54) is 24.3 Å². The first-order chi connectivity index (χ1) is 10.3. The Morgan fingerprint density at radius 2 is 1.86 bits per heavy atom. The monoisotopic (exact) mass is 346 g/mol. The molecule has 5 nitrogen and oxygen atoms in total. The van der Waals surface area contributed by atoms with Crippen molar-refractivity contribution in [3.8, 4) is 0 Å². The molecule has 0 radical (unpaired) electrons. The molecule has 22 heavy (non-hydrogen) atoms. The van der Waals surface area contributed by atoms with Crippen LogP contribution in [0.1, 0.15) is 33.6 Å². The second-order valence-electron chi connectivity index (χ2n) is 5.14. The normalized spacial score (nSPS) is 13.1. The summed E-state index contributed by atoms with van der Waals surface area (Å²) >= 11 is 5.77. The highest BCUT2D eigenvalue weighted by molar-refractivity contribution is 7.89. The fourth-order valence-electron chi connectivity index (χ4n) is 2.11. The van der Waals surface area contributed by atoms with Crippen molar-refractivity contribution < 1.29 is 13.2 Å². The third-order valence-electron chi connectivity index (χ3n) is 3.25. The van der Waals surface area contributed by atoms with E-state index < -0.39 is 10.0 Å². The molecular formula is C15H23ClN2O3S. The van der Waals surface area contributed by atoms with Crippen LogP contribution < -0.4 is 5.32 Å². The number of nitrogens with zero attached hydrogens (tertiary/aromatic N) is 1. The molecule has 0 spiro atoms. The number of benzene rings is 1. The molecule has 1 amide bonds. The van der Waals surface area contributed by atoms with Gasteiger partial charge in [0.1, 0.15) is 0 Å². The van der Waals surface area contributed by atoms with Crippen LogP contribution >= 0.6 is 11.6 Å². The van der Waals surface area contributed by atoms with Gasteiger partial charge in [0, 0.05) is 17.6 Å². The van der Waals surface area contributed by atoms with Crippen molar-refractivity contribution in [1.82, 2.24) is 9.62 Å². The molecule has 1 N–H and O–H groups in total. The fourth-order valence-corrected chi connectivity index (χ4v) is 3.64. The second kappa shape index (κ2) is 8.50. The first-order valence-electron chi connectivity index (χ1n) is 7.36. The summed E-state index contributed by atoms with van der Waals surface area (Å²) in [6, 6.07) is 5.96. The molecular weight excluding hydrogens is 324 g/mol. The van der Waals surface area contributed by atoms with Gasteiger partial charge in [0.05, 0.1) is 11.4 Å². The largest absolute Gasteiger partial charge is 0.353 e. The molecule has 0 aliphatic rings. The first kappa shape index (κ1) is 18.9. The maximum absolute atomic E-state index is 12.5. The van der Waals surface area contributed by atoms with Crippen molar-refractivity contribution in [2.45, 2.75) is 44.6 Å². The Morgan fingerprint density at radius 1 is 1.27 bits per heavy atom. The number of hydrogen-bond donors (Lipinski definition) is 1. The van der Waals surface area contributed by atoms with E-state index in [-0.39, 0.29) is 29.9 Å². The van der Waals surface area contributed by atoms with Crippen LogP contribution in [-0.4, -0.2) is 37.8 Å². The Kier molecular flexibility index (Phi) is 7.32. The zero-order valence-electron chi connectivity index (χ0n) is 13.2. The Morgan fingerprint density at radius 3 is 2.36 bits per heavy atom.